The summed E-state index contributed by atoms with van der Waals surface area (Å²) in [6.07, 6.45) is -0.0613. The molecule has 1 aromatic heterocycles. The van der Waals surface area contributed by atoms with Crippen molar-refractivity contribution in [2.24, 2.45) is 5.73 Å². The smallest absolute Gasteiger partial charge is 0.318 e. The minimum Gasteiger partial charge on any atom is -0.493 e. The van der Waals surface area contributed by atoms with E-state index < -0.39 is 11.9 Å². The molecule has 0 radical (unpaired) electrons. The SMILES string of the molecule is NC(=O)NC(=O)Cc1nc(O)cs1. The summed E-state index contributed by atoms with van der Waals surface area (Å²) in [5.41, 5.74) is 4.71. The van der Waals surface area contributed by atoms with Crippen LogP contribution in [0.3, 0.4) is 0 Å². The first-order valence-corrected chi connectivity index (χ1v) is 4.18. The first kappa shape index (κ1) is 9.46. The molecule has 0 spiro atoms. The van der Waals surface area contributed by atoms with Crippen molar-refractivity contribution in [3.63, 3.8) is 0 Å². The molecule has 1 rings (SSSR count). The summed E-state index contributed by atoms with van der Waals surface area (Å²) in [6.45, 7) is 0. The number of aromatic nitrogens is 1. The zero-order chi connectivity index (χ0) is 9.84. The lowest BCUT2D eigenvalue weighted by molar-refractivity contribution is -0.119. The Bertz CT molecular complexity index is 336. The van der Waals surface area contributed by atoms with Crippen molar-refractivity contribution < 1.29 is 14.7 Å². The predicted molar refractivity (Wildman–Crippen MR) is 45.2 cm³/mol. The maximum Gasteiger partial charge on any atom is 0.318 e. The van der Waals surface area contributed by atoms with E-state index in [0.29, 0.717) is 5.01 Å². The van der Waals surface area contributed by atoms with Crippen molar-refractivity contribution in [2.45, 2.75) is 6.42 Å². The highest BCUT2D eigenvalue weighted by molar-refractivity contribution is 7.09. The summed E-state index contributed by atoms with van der Waals surface area (Å²) in [7, 11) is 0. The minimum atomic E-state index is -0.897. The van der Waals surface area contributed by atoms with Crippen LogP contribution >= 0.6 is 11.3 Å². The molecule has 0 saturated heterocycles. The van der Waals surface area contributed by atoms with E-state index in [9.17, 15) is 9.59 Å². The van der Waals surface area contributed by atoms with Gasteiger partial charge in [0, 0.05) is 0 Å². The van der Waals surface area contributed by atoms with Gasteiger partial charge in [-0.25, -0.2) is 9.78 Å². The Morgan fingerprint density at radius 1 is 1.69 bits per heavy atom. The topological polar surface area (TPSA) is 105 Å². The van der Waals surface area contributed by atoms with Gasteiger partial charge in [-0.3, -0.25) is 10.1 Å². The van der Waals surface area contributed by atoms with E-state index in [1.807, 2.05) is 5.32 Å². The summed E-state index contributed by atoms with van der Waals surface area (Å²) < 4.78 is 0. The van der Waals surface area contributed by atoms with Crippen LogP contribution < -0.4 is 11.1 Å². The Morgan fingerprint density at radius 3 is 2.85 bits per heavy atom. The number of carbonyl (C=O) groups excluding carboxylic acids is 2. The Balaban J connectivity index is 2.50. The number of carbonyl (C=O) groups is 2. The lowest BCUT2D eigenvalue weighted by atomic mass is 10.4. The summed E-state index contributed by atoms with van der Waals surface area (Å²) >= 11 is 1.13. The quantitative estimate of drug-likeness (QED) is 0.604. The van der Waals surface area contributed by atoms with E-state index in [1.54, 1.807) is 0 Å². The van der Waals surface area contributed by atoms with Crippen molar-refractivity contribution in [2.75, 3.05) is 0 Å². The number of urea groups is 1. The summed E-state index contributed by atoms with van der Waals surface area (Å²) in [5, 5.41) is 12.5. The summed E-state index contributed by atoms with van der Waals surface area (Å²) in [6, 6.07) is -0.897. The zero-order valence-corrected chi connectivity index (χ0v) is 7.30. The van der Waals surface area contributed by atoms with Gasteiger partial charge in [0.15, 0.2) is 0 Å². The van der Waals surface area contributed by atoms with Gasteiger partial charge in [0.1, 0.15) is 5.01 Å². The molecular weight excluding hydrogens is 194 g/mol. The normalized spacial score (nSPS) is 9.54. The van der Waals surface area contributed by atoms with E-state index >= 15 is 0 Å². The van der Waals surface area contributed by atoms with Crippen LogP contribution in [0.4, 0.5) is 4.79 Å². The molecule has 0 fully saturated rings. The first-order valence-electron chi connectivity index (χ1n) is 3.30. The fourth-order valence-electron chi connectivity index (χ4n) is 0.701. The van der Waals surface area contributed by atoms with Crippen molar-refractivity contribution in [1.82, 2.24) is 10.3 Å². The van der Waals surface area contributed by atoms with Crippen molar-refractivity contribution in [3.05, 3.63) is 10.4 Å². The van der Waals surface area contributed by atoms with Crippen LogP contribution in [0.1, 0.15) is 5.01 Å². The third kappa shape index (κ3) is 3.08. The second-order valence-electron chi connectivity index (χ2n) is 2.19. The minimum absolute atomic E-state index is 0.0613. The summed E-state index contributed by atoms with van der Waals surface area (Å²) in [5.74, 6) is -0.672. The van der Waals surface area contributed by atoms with Crippen LogP contribution in [0.2, 0.25) is 0 Å². The van der Waals surface area contributed by atoms with Gasteiger partial charge in [-0.15, -0.1) is 11.3 Å². The van der Waals surface area contributed by atoms with E-state index in [-0.39, 0.29) is 12.3 Å². The third-order valence-electron chi connectivity index (χ3n) is 1.11. The molecule has 0 aliphatic rings. The molecule has 0 aromatic carbocycles. The molecule has 13 heavy (non-hydrogen) atoms. The number of imide groups is 1. The van der Waals surface area contributed by atoms with E-state index in [0.717, 1.165) is 11.3 Å². The van der Waals surface area contributed by atoms with Gasteiger partial charge in [-0.1, -0.05) is 0 Å². The molecule has 1 heterocycles. The average Bonchev–Trinajstić information content (AvgIpc) is 2.33. The number of nitrogens with zero attached hydrogens (tertiary/aromatic N) is 1. The highest BCUT2D eigenvalue weighted by Crippen LogP contribution is 2.14. The molecule has 4 N–H and O–H groups in total. The molecular formula is C6H7N3O3S. The number of primary amides is 1. The second kappa shape index (κ2) is 3.85. The maximum atomic E-state index is 10.9. The van der Waals surface area contributed by atoms with Crippen molar-refractivity contribution in [3.8, 4) is 5.88 Å². The first-order chi connectivity index (χ1) is 6.08. The molecule has 0 bridgehead atoms. The average molecular weight is 201 g/mol. The molecule has 6 nitrogen and oxygen atoms in total. The van der Waals surface area contributed by atoms with Crippen LogP contribution in [0, 0.1) is 0 Å². The van der Waals surface area contributed by atoms with Gasteiger partial charge in [-0.05, 0) is 0 Å². The number of nitrogens with two attached hydrogens (primary N) is 1. The van der Waals surface area contributed by atoms with Gasteiger partial charge in [0.25, 0.3) is 0 Å². The molecule has 0 aliphatic carbocycles. The highest BCUT2D eigenvalue weighted by atomic mass is 32.1. The van der Waals surface area contributed by atoms with Gasteiger partial charge >= 0.3 is 6.03 Å². The molecule has 70 valence electrons. The predicted octanol–water partition coefficient (Wildman–Crippen LogP) is -0.414. The Labute approximate surface area is 77.4 Å². The number of thiazole rings is 1. The number of hydrogen-bond acceptors (Lipinski definition) is 5. The largest absolute Gasteiger partial charge is 0.493 e. The molecule has 0 aliphatic heterocycles. The molecule has 0 atom stereocenters. The third-order valence-corrected chi connectivity index (χ3v) is 1.95. The molecule has 3 amide bonds. The maximum absolute atomic E-state index is 10.9. The van der Waals surface area contributed by atoms with Crippen molar-refractivity contribution in [1.29, 1.82) is 0 Å². The van der Waals surface area contributed by atoms with Gasteiger partial charge < -0.3 is 10.8 Å². The lowest BCUT2D eigenvalue weighted by Gasteiger charge is -1.96. The van der Waals surface area contributed by atoms with Crippen LogP contribution in [0.15, 0.2) is 5.38 Å². The van der Waals surface area contributed by atoms with E-state index in [2.05, 4.69) is 4.98 Å². The Morgan fingerprint density at radius 2 is 2.38 bits per heavy atom. The van der Waals surface area contributed by atoms with Crippen LogP contribution in [-0.4, -0.2) is 22.0 Å². The van der Waals surface area contributed by atoms with Crippen LogP contribution in [-0.2, 0) is 11.2 Å². The Hall–Kier alpha value is -1.63. The molecule has 0 unspecified atom stereocenters. The lowest BCUT2D eigenvalue weighted by Crippen LogP contribution is -2.35. The molecule has 7 heteroatoms. The number of amides is 3. The van der Waals surface area contributed by atoms with Crippen LogP contribution in [0.25, 0.3) is 0 Å². The van der Waals surface area contributed by atoms with Crippen molar-refractivity contribution >= 4 is 23.3 Å². The number of hydrogen-bond donors (Lipinski definition) is 3. The standard InChI is InChI=1S/C6H7N3O3S/c7-6(12)9-3(10)1-5-8-4(11)2-13-5/h2,11H,1H2,(H3,7,9,10,12). The second-order valence-corrected chi connectivity index (χ2v) is 3.13. The van der Waals surface area contributed by atoms with Crippen LogP contribution in [0.5, 0.6) is 5.88 Å². The Kier molecular flexibility index (Phi) is 2.80. The number of rotatable bonds is 2. The van der Waals surface area contributed by atoms with Gasteiger partial charge in [0.05, 0.1) is 11.8 Å². The fraction of sp³-hybridized carbons (Fsp3) is 0.167. The highest BCUT2D eigenvalue weighted by Gasteiger charge is 2.08. The zero-order valence-electron chi connectivity index (χ0n) is 6.48. The molecule has 0 saturated carbocycles. The van der Waals surface area contributed by atoms with E-state index in [1.165, 1.54) is 5.38 Å². The fourth-order valence-corrected chi connectivity index (χ4v) is 1.36. The van der Waals surface area contributed by atoms with Gasteiger partial charge in [0.2, 0.25) is 11.8 Å². The monoisotopic (exact) mass is 201 g/mol. The van der Waals surface area contributed by atoms with E-state index in [4.69, 9.17) is 10.8 Å². The summed E-state index contributed by atoms with van der Waals surface area (Å²) in [4.78, 5) is 24.8. The number of aromatic hydroxyl groups is 1. The van der Waals surface area contributed by atoms with Gasteiger partial charge in [-0.2, -0.15) is 0 Å². The number of nitrogens with one attached hydrogen (secondary N) is 1. The molecule has 1 aromatic rings.